The number of nitrogens with one attached hydrogen (secondary N) is 1. The summed E-state index contributed by atoms with van der Waals surface area (Å²) in [5.41, 5.74) is 0.502. The van der Waals surface area contributed by atoms with Gasteiger partial charge in [-0.25, -0.2) is 0 Å². The molecule has 0 aromatic heterocycles. The second-order valence-corrected chi connectivity index (χ2v) is 5.12. The van der Waals surface area contributed by atoms with Crippen molar-refractivity contribution < 1.29 is 9.72 Å². The Morgan fingerprint density at radius 3 is 2.60 bits per heavy atom. The molecule has 0 unspecified atom stereocenters. The molecule has 1 N–H and O–H groups in total. The Morgan fingerprint density at radius 1 is 1.45 bits per heavy atom. The summed E-state index contributed by atoms with van der Waals surface area (Å²) >= 11 is 0. The molecule has 0 bridgehead atoms. The van der Waals surface area contributed by atoms with Crippen LogP contribution in [0.2, 0.25) is 0 Å². The lowest BCUT2D eigenvalue weighted by Gasteiger charge is -2.19. The second-order valence-electron chi connectivity index (χ2n) is 5.12. The number of carbonyl (C=O) groups excluding carboxylic acids is 1. The van der Waals surface area contributed by atoms with Gasteiger partial charge in [0, 0.05) is 26.7 Å². The molecular weight excluding hydrogens is 258 g/mol. The normalized spacial score (nSPS) is 10.4. The fraction of sp³-hybridized carbons (Fsp3) is 0.500. The van der Waals surface area contributed by atoms with Crippen molar-refractivity contribution in [2.75, 3.05) is 26.0 Å². The first-order valence-electron chi connectivity index (χ1n) is 6.59. The standard InChI is InChI=1S/C14H21N3O3/c1-10(2)8-9-16(4)14(18)11-6-5-7-12(17(19)20)13(11)15-3/h5-7,10,15H,8-9H2,1-4H3. The molecule has 0 aliphatic carbocycles. The molecule has 0 spiro atoms. The Hall–Kier alpha value is -2.11. The molecule has 110 valence electrons. The van der Waals surface area contributed by atoms with E-state index in [1.165, 1.54) is 12.1 Å². The molecule has 1 rings (SSSR count). The fourth-order valence-electron chi connectivity index (χ4n) is 1.89. The van der Waals surface area contributed by atoms with Crippen LogP contribution in [0.25, 0.3) is 0 Å². The van der Waals surface area contributed by atoms with E-state index < -0.39 is 4.92 Å². The summed E-state index contributed by atoms with van der Waals surface area (Å²) in [6, 6.07) is 4.52. The van der Waals surface area contributed by atoms with Crippen molar-refractivity contribution in [3.63, 3.8) is 0 Å². The number of benzene rings is 1. The number of hydrogen-bond acceptors (Lipinski definition) is 4. The van der Waals surface area contributed by atoms with E-state index in [9.17, 15) is 14.9 Å². The predicted octanol–water partition coefficient (Wildman–Crippen LogP) is 2.75. The molecule has 0 atom stereocenters. The van der Waals surface area contributed by atoms with Crippen LogP contribution < -0.4 is 5.32 Å². The average molecular weight is 279 g/mol. The van der Waals surface area contributed by atoms with E-state index in [1.807, 2.05) is 0 Å². The number of para-hydroxylation sites is 1. The highest BCUT2D eigenvalue weighted by Gasteiger charge is 2.22. The highest BCUT2D eigenvalue weighted by molar-refractivity contribution is 6.01. The smallest absolute Gasteiger partial charge is 0.293 e. The second kappa shape index (κ2) is 6.88. The minimum atomic E-state index is -0.489. The molecule has 0 saturated carbocycles. The van der Waals surface area contributed by atoms with Gasteiger partial charge >= 0.3 is 0 Å². The van der Waals surface area contributed by atoms with Gasteiger partial charge in [0.1, 0.15) is 5.69 Å². The van der Waals surface area contributed by atoms with Crippen molar-refractivity contribution in [3.05, 3.63) is 33.9 Å². The minimum Gasteiger partial charge on any atom is -0.382 e. The van der Waals surface area contributed by atoms with Crippen LogP contribution in [-0.4, -0.2) is 36.4 Å². The van der Waals surface area contributed by atoms with Gasteiger partial charge < -0.3 is 10.2 Å². The number of nitrogens with zero attached hydrogens (tertiary/aromatic N) is 2. The maximum absolute atomic E-state index is 12.4. The van der Waals surface area contributed by atoms with Crippen molar-refractivity contribution in [3.8, 4) is 0 Å². The van der Waals surface area contributed by atoms with Gasteiger partial charge in [0.25, 0.3) is 11.6 Å². The zero-order valence-corrected chi connectivity index (χ0v) is 12.3. The van der Waals surface area contributed by atoms with Gasteiger partial charge in [-0.05, 0) is 18.4 Å². The molecule has 1 amide bonds. The molecule has 0 radical (unpaired) electrons. The lowest BCUT2D eigenvalue weighted by Crippen LogP contribution is -2.29. The van der Waals surface area contributed by atoms with Crippen LogP contribution in [0.15, 0.2) is 18.2 Å². The van der Waals surface area contributed by atoms with Gasteiger partial charge in [-0.15, -0.1) is 0 Å². The zero-order chi connectivity index (χ0) is 15.3. The minimum absolute atomic E-state index is 0.0874. The molecule has 0 aliphatic rings. The Morgan fingerprint density at radius 2 is 2.10 bits per heavy atom. The number of carbonyl (C=O) groups is 1. The molecule has 0 saturated heterocycles. The lowest BCUT2D eigenvalue weighted by molar-refractivity contribution is -0.384. The van der Waals surface area contributed by atoms with Crippen molar-refractivity contribution in [2.24, 2.45) is 5.92 Å². The van der Waals surface area contributed by atoms with Gasteiger partial charge in [0.2, 0.25) is 0 Å². The van der Waals surface area contributed by atoms with Crippen LogP contribution >= 0.6 is 0 Å². The van der Waals surface area contributed by atoms with Gasteiger partial charge in [-0.3, -0.25) is 14.9 Å². The number of hydrogen-bond donors (Lipinski definition) is 1. The van der Waals surface area contributed by atoms with Crippen LogP contribution in [0.3, 0.4) is 0 Å². The molecule has 0 heterocycles. The topological polar surface area (TPSA) is 75.5 Å². The predicted molar refractivity (Wildman–Crippen MR) is 79.1 cm³/mol. The first-order valence-corrected chi connectivity index (χ1v) is 6.59. The van der Waals surface area contributed by atoms with Crippen LogP contribution in [0, 0.1) is 16.0 Å². The van der Waals surface area contributed by atoms with Crippen molar-refractivity contribution in [2.45, 2.75) is 20.3 Å². The van der Waals surface area contributed by atoms with E-state index in [1.54, 1.807) is 25.1 Å². The third-order valence-electron chi connectivity index (χ3n) is 3.11. The maximum atomic E-state index is 12.4. The van der Waals surface area contributed by atoms with Gasteiger partial charge in [-0.2, -0.15) is 0 Å². The zero-order valence-electron chi connectivity index (χ0n) is 12.3. The number of nitro groups is 1. The summed E-state index contributed by atoms with van der Waals surface area (Å²) in [7, 11) is 3.29. The van der Waals surface area contributed by atoms with E-state index in [4.69, 9.17) is 0 Å². The molecule has 20 heavy (non-hydrogen) atoms. The first-order chi connectivity index (χ1) is 9.38. The summed E-state index contributed by atoms with van der Waals surface area (Å²) in [4.78, 5) is 24.5. The number of nitro benzene ring substituents is 1. The van der Waals surface area contributed by atoms with Crippen LogP contribution in [0.1, 0.15) is 30.6 Å². The fourth-order valence-corrected chi connectivity index (χ4v) is 1.89. The molecule has 6 nitrogen and oxygen atoms in total. The van der Waals surface area contributed by atoms with E-state index in [0.717, 1.165) is 6.42 Å². The van der Waals surface area contributed by atoms with E-state index >= 15 is 0 Å². The van der Waals surface area contributed by atoms with Gasteiger partial charge in [-0.1, -0.05) is 19.9 Å². The lowest BCUT2D eigenvalue weighted by atomic mass is 10.1. The quantitative estimate of drug-likeness (QED) is 0.641. The van der Waals surface area contributed by atoms with Crippen molar-refractivity contribution in [1.82, 2.24) is 4.90 Å². The summed E-state index contributed by atoms with van der Waals surface area (Å²) in [6.45, 7) is 4.80. The Kier molecular flexibility index (Phi) is 5.49. The van der Waals surface area contributed by atoms with Gasteiger partial charge in [0.15, 0.2) is 0 Å². The third kappa shape index (κ3) is 3.69. The summed E-state index contributed by atoms with van der Waals surface area (Å²) in [6.07, 6.45) is 0.895. The van der Waals surface area contributed by atoms with Crippen LogP contribution in [0.4, 0.5) is 11.4 Å². The largest absolute Gasteiger partial charge is 0.382 e. The van der Waals surface area contributed by atoms with Crippen LogP contribution in [0.5, 0.6) is 0 Å². The van der Waals surface area contributed by atoms with Gasteiger partial charge in [0.05, 0.1) is 10.5 Å². The highest BCUT2D eigenvalue weighted by Crippen LogP contribution is 2.28. The Bertz CT molecular complexity index is 500. The van der Waals surface area contributed by atoms with E-state index in [-0.39, 0.29) is 17.3 Å². The SMILES string of the molecule is CNc1c(C(=O)N(C)CCC(C)C)cccc1[N+](=O)[O-]. The molecule has 1 aromatic carbocycles. The van der Waals surface area contributed by atoms with E-state index in [0.29, 0.717) is 18.0 Å². The average Bonchev–Trinajstić information content (AvgIpc) is 2.42. The number of amides is 1. The van der Waals surface area contributed by atoms with E-state index in [2.05, 4.69) is 19.2 Å². The molecule has 0 fully saturated rings. The summed E-state index contributed by atoms with van der Waals surface area (Å²) in [5, 5.41) is 13.7. The Labute approximate surface area is 118 Å². The van der Waals surface area contributed by atoms with Crippen LogP contribution in [-0.2, 0) is 0 Å². The molecule has 0 aliphatic heterocycles. The molecular formula is C14H21N3O3. The molecule has 6 heteroatoms. The third-order valence-corrected chi connectivity index (χ3v) is 3.11. The number of rotatable bonds is 6. The molecule has 1 aromatic rings. The van der Waals surface area contributed by atoms with Crippen molar-refractivity contribution >= 4 is 17.3 Å². The summed E-state index contributed by atoms with van der Waals surface area (Å²) < 4.78 is 0. The highest BCUT2D eigenvalue weighted by atomic mass is 16.6. The first kappa shape index (κ1) is 15.9. The monoisotopic (exact) mass is 279 g/mol. The van der Waals surface area contributed by atoms with Crippen molar-refractivity contribution in [1.29, 1.82) is 0 Å². The number of anilines is 1. The Balaban J connectivity index is 3.03. The maximum Gasteiger partial charge on any atom is 0.293 e. The summed E-state index contributed by atoms with van der Waals surface area (Å²) in [5.74, 6) is 0.290.